The number of ketones is 1. The zero-order chi connectivity index (χ0) is 28.9. The normalized spacial score (nSPS) is 28.1. The summed E-state index contributed by atoms with van der Waals surface area (Å²) in [6.45, 7) is 3.82. The van der Waals surface area contributed by atoms with Crippen molar-refractivity contribution < 1.29 is 62.1 Å². The number of hydrogen-bond donors (Lipinski definition) is 0. The Hall–Kier alpha value is -3.89. The van der Waals surface area contributed by atoms with Crippen molar-refractivity contribution in [2.75, 3.05) is 6.61 Å². The molecule has 1 saturated heterocycles. The van der Waals surface area contributed by atoms with Crippen molar-refractivity contribution in [2.24, 2.45) is 0 Å². The highest BCUT2D eigenvalue weighted by atomic mass is 32.1. The van der Waals surface area contributed by atoms with Gasteiger partial charge in [0.25, 0.3) is 0 Å². The molecule has 39 heavy (non-hydrogen) atoms. The van der Waals surface area contributed by atoms with E-state index in [0.717, 1.165) is 51.4 Å². The minimum atomic E-state index is -1.65. The van der Waals surface area contributed by atoms with Crippen molar-refractivity contribution in [3.8, 4) is 0 Å². The van der Waals surface area contributed by atoms with Crippen LogP contribution in [0.5, 0.6) is 0 Å². The molecule has 0 radical (unpaired) electrons. The van der Waals surface area contributed by atoms with Crippen LogP contribution in [0, 0.1) is 10.1 Å². The minimum Gasteiger partial charge on any atom is -0.489 e. The van der Waals surface area contributed by atoms with E-state index < -0.39 is 84.1 Å². The van der Waals surface area contributed by atoms with Gasteiger partial charge in [0.15, 0.2) is 42.6 Å². The minimum absolute atomic E-state index is 0.207. The summed E-state index contributed by atoms with van der Waals surface area (Å²) in [5.74, 6) is -3.83. The van der Waals surface area contributed by atoms with Crippen molar-refractivity contribution in [1.82, 2.24) is 0 Å². The molecule has 0 aromatic carbocycles. The number of nitrogens with zero attached hydrogens (tertiary/aromatic N) is 1. The summed E-state index contributed by atoms with van der Waals surface area (Å²) in [4.78, 5) is 71.1. The summed E-state index contributed by atoms with van der Waals surface area (Å²) < 4.78 is 38.3. The van der Waals surface area contributed by atoms with Crippen molar-refractivity contribution in [3.63, 3.8) is 0 Å². The van der Waals surface area contributed by atoms with E-state index >= 15 is 0 Å². The van der Waals surface area contributed by atoms with Crippen LogP contribution >= 0.6 is 11.3 Å². The number of carbonyl (C=O) groups is 5. The van der Waals surface area contributed by atoms with Crippen LogP contribution < -0.4 is 0 Å². The van der Waals surface area contributed by atoms with Gasteiger partial charge < -0.3 is 33.2 Å². The van der Waals surface area contributed by atoms with Crippen molar-refractivity contribution in [3.05, 3.63) is 39.5 Å². The first kappa shape index (κ1) is 29.7. The Morgan fingerprint density at radius 2 is 1.56 bits per heavy atom. The quantitative estimate of drug-likeness (QED) is 0.178. The average molecular weight is 572 g/mol. The average Bonchev–Trinajstić information content (AvgIpc) is 3.32. The van der Waals surface area contributed by atoms with Gasteiger partial charge in [0.2, 0.25) is 0 Å². The molecule has 0 aliphatic carbocycles. The summed E-state index contributed by atoms with van der Waals surface area (Å²) in [7, 11) is 0. The maximum absolute atomic E-state index is 12.9. The molecular formula is C23H25NO14S. The van der Waals surface area contributed by atoms with Crippen LogP contribution in [-0.4, -0.2) is 78.0 Å². The molecule has 0 unspecified atom stereocenters. The summed E-state index contributed by atoms with van der Waals surface area (Å²) in [5, 5.41) is 11.0. The lowest BCUT2D eigenvalue weighted by atomic mass is 9.97. The number of rotatable bonds is 9. The van der Waals surface area contributed by atoms with Crippen LogP contribution in [0.25, 0.3) is 0 Å². The maximum atomic E-state index is 12.9. The van der Waals surface area contributed by atoms with Gasteiger partial charge in [-0.3, -0.25) is 34.1 Å². The molecule has 1 aromatic heterocycles. The van der Waals surface area contributed by atoms with E-state index in [4.69, 9.17) is 33.2 Å². The molecule has 2 aliphatic rings. The van der Waals surface area contributed by atoms with Crippen LogP contribution in [-0.2, 0) is 57.1 Å². The van der Waals surface area contributed by atoms with Gasteiger partial charge in [0.1, 0.15) is 12.7 Å². The van der Waals surface area contributed by atoms with E-state index in [0.29, 0.717) is 0 Å². The molecule has 0 amide bonds. The number of ether oxygens (including phenoxy) is 7. The van der Waals surface area contributed by atoms with Gasteiger partial charge in [0.05, 0.1) is 16.1 Å². The first-order valence-corrected chi connectivity index (χ1v) is 12.2. The Morgan fingerprint density at radius 1 is 0.949 bits per heavy atom. The van der Waals surface area contributed by atoms with Gasteiger partial charge in [-0.2, -0.15) is 0 Å². The fourth-order valence-electron chi connectivity index (χ4n) is 3.90. The van der Waals surface area contributed by atoms with E-state index in [1.165, 1.54) is 12.1 Å². The molecule has 1 fully saturated rings. The fraction of sp³-hybridized carbons (Fsp3) is 0.522. The zero-order valence-electron chi connectivity index (χ0n) is 21.1. The van der Waals surface area contributed by atoms with E-state index in [2.05, 4.69) is 0 Å². The van der Waals surface area contributed by atoms with Gasteiger partial charge in [0, 0.05) is 39.8 Å². The number of esters is 4. The van der Waals surface area contributed by atoms with Crippen molar-refractivity contribution in [1.29, 1.82) is 0 Å². The highest BCUT2D eigenvalue weighted by Crippen LogP contribution is 2.38. The third-order valence-corrected chi connectivity index (χ3v) is 6.41. The highest BCUT2D eigenvalue weighted by molar-refractivity contribution is 7.15. The van der Waals surface area contributed by atoms with Crippen LogP contribution in [0.3, 0.4) is 0 Å². The van der Waals surface area contributed by atoms with Crippen molar-refractivity contribution >= 4 is 46.0 Å². The van der Waals surface area contributed by atoms with E-state index in [1.807, 2.05) is 0 Å². The van der Waals surface area contributed by atoms with E-state index in [-0.39, 0.29) is 9.88 Å². The third-order valence-electron chi connectivity index (χ3n) is 5.31. The standard InChI is InChI=1S/C23H25NO14S/c1-10(25)33-9-15-19(34-11(2)26)21(35-12(3)27)22(36-13(4)28)23(37-15)38-18-14(29)7-8-32-20(18)16-5-6-17(39-16)24(30)31/h5-8,15,18-23H,9H2,1-4H3/t15-,18+,19-,20+,21+,22-,23+/m1/s1. The summed E-state index contributed by atoms with van der Waals surface area (Å²) in [5.41, 5.74) is 0. The molecule has 3 rings (SSSR count). The number of carbonyl (C=O) groups excluding carboxylic acids is 5. The van der Waals surface area contributed by atoms with E-state index in [1.54, 1.807) is 0 Å². The molecule has 0 bridgehead atoms. The predicted molar refractivity (Wildman–Crippen MR) is 126 cm³/mol. The monoisotopic (exact) mass is 571 g/mol. The topological polar surface area (TPSA) is 193 Å². The fourth-order valence-corrected chi connectivity index (χ4v) is 4.78. The lowest BCUT2D eigenvalue weighted by Gasteiger charge is -2.45. The van der Waals surface area contributed by atoms with Crippen LogP contribution in [0.4, 0.5) is 5.00 Å². The van der Waals surface area contributed by atoms with Gasteiger partial charge in [-0.15, -0.1) is 0 Å². The lowest BCUT2D eigenvalue weighted by molar-refractivity contribution is -0.380. The van der Waals surface area contributed by atoms with Crippen molar-refractivity contribution in [2.45, 2.75) is 70.6 Å². The second-order valence-electron chi connectivity index (χ2n) is 8.32. The summed E-state index contributed by atoms with van der Waals surface area (Å²) in [6, 6.07) is 2.63. The Kier molecular flexibility index (Phi) is 9.71. The molecule has 212 valence electrons. The molecule has 3 heterocycles. The van der Waals surface area contributed by atoms with Gasteiger partial charge in [-0.25, -0.2) is 0 Å². The number of thiophene rings is 1. The third kappa shape index (κ3) is 7.58. The van der Waals surface area contributed by atoms with E-state index in [9.17, 15) is 34.1 Å². The number of nitro groups is 1. The molecule has 0 spiro atoms. The Balaban J connectivity index is 2.01. The lowest BCUT2D eigenvalue weighted by Crippen LogP contribution is -2.63. The second kappa shape index (κ2) is 12.8. The molecule has 2 aliphatic heterocycles. The molecule has 15 nitrogen and oxygen atoms in total. The van der Waals surface area contributed by atoms with Gasteiger partial charge in [-0.05, 0) is 6.07 Å². The summed E-state index contributed by atoms with van der Waals surface area (Å²) >= 11 is 0.754. The van der Waals surface area contributed by atoms with Gasteiger partial charge >= 0.3 is 28.9 Å². The Bertz CT molecular complexity index is 1160. The second-order valence-corrected chi connectivity index (χ2v) is 9.41. The molecule has 0 saturated carbocycles. The molecule has 16 heteroatoms. The zero-order valence-corrected chi connectivity index (χ0v) is 21.9. The summed E-state index contributed by atoms with van der Waals surface area (Å²) in [6.07, 6.45) is -7.89. The largest absolute Gasteiger partial charge is 0.489 e. The molecule has 7 atom stereocenters. The van der Waals surface area contributed by atoms with Crippen LogP contribution in [0.15, 0.2) is 24.5 Å². The SMILES string of the molecule is CC(=O)OC[C@H]1O[C@@H](O[C@H]2C(=O)C=CO[C@H]2c2ccc([N+](=O)[O-])s2)[C@H](OC(C)=O)[C@@H](OC(C)=O)[C@@H]1OC(C)=O. The first-order chi connectivity index (χ1) is 18.4. The predicted octanol–water partition coefficient (Wildman–Crippen LogP) is 1.28. The Morgan fingerprint density at radius 3 is 2.13 bits per heavy atom. The smallest absolute Gasteiger partial charge is 0.324 e. The van der Waals surface area contributed by atoms with Crippen LogP contribution in [0.2, 0.25) is 0 Å². The number of hydrogen-bond acceptors (Lipinski definition) is 15. The first-order valence-electron chi connectivity index (χ1n) is 11.4. The molecule has 1 aromatic rings. The Labute approximate surface area is 225 Å². The molecular weight excluding hydrogens is 546 g/mol. The van der Waals surface area contributed by atoms with Gasteiger partial charge in [-0.1, -0.05) is 11.3 Å². The highest BCUT2D eigenvalue weighted by Gasteiger charge is 2.54. The van der Waals surface area contributed by atoms with Crippen LogP contribution in [0.1, 0.15) is 38.7 Å². The molecule has 0 N–H and O–H groups in total. The maximum Gasteiger partial charge on any atom is 0.324 e.